The molecule has 2 aromatic carbocycles. The van der Waals surface area contributed by atoms with Gasteiger partial charge in [0.25, 0.3) is 0 Å². The number of aryl methyl sites for hydroxylation is 1. The van der Waals surface area contributed by atoms with E-state index in [9.17, 15) is 4.39 Å². The number of fused-ring (bicyclic) bond motifs is 1. The maximum Gasteiger partial charge on any atom is 0.123 e. The van der Waals surface area contributed by atoms with Gasteiger partial charge in [0.05, 0.1) is 0 Å². The number of anilines is 2. The largest absolute Gasteiger partial charge is 0.338 e. The van der Waals surface area contributed by atoms with Crippen molar-refractivity contribution in [2.45, 2.75) is 32.4 Å². The van der Waals surface area contributed by atoms with Crippen molar-refractivity contribution in [1.29, 1.82) is 0 Å². The van der Waals surface area contributed by atoms with Gasteiger partial charge in [0.2, 0.25) is 0 Å². The predicted octanol–water partition coefficient (Wildman–Crippen LogP) is 3.76. The van der Waals surface area contributed by atoms with E-state index in [1.807, 2.05) is 6.07 Å². The molecule has 0 aliphatic carbocycles. The smallest absolute Gasteiger partial charge is 0.123 e. The molecular weight excluding hydrogens is 251 g/mol. The molecule has 1 atom stereocenters. The monoisotopic (exact) mass is 270 g/mol. The predicted molar refractivity (Wildman–Crippen MR) is 80.7 cm³/mol. The second-order valence-corrected chi connectivity index (χ2v) is 5.36. The lowest BCUT2D eigenvalue weighted by Crippen LogP contribution is -2.34. The van der Waals surface area contributed by atoms with Crippen LogP contribution in [0.4, 0.5) is 15.8 Å². The summed E-state index contributed by atoms with van der Waals surface area (Å²) < 4.78 is 13.4. The molecule has 0 aromatic heterocycles. The van der Waals surface area contributed by atoms with Crippen LogP contribution in [-0.2, 0) is 13.0 Å². The molecule has 0 fully saturated rings. The minimum Gasteiger partial charge on any atom is -0.338 e. The minimum atomic E-state index is -0.229. The zero-order valence-electron chi connectivity index (χ0n) is 11.6. The molecule has 1 aliphatic heterocycles. The van der Waals surface area contributed by atoms with E-state index in [4.69, 9.17) is 5.73 Å². The first-order valence-corrected chi connectivity index (χ1v) is 7.06. The molecule has 1 unspecified atom stereocenters. The number of hydrogen-bond donors (Lipinski definition) is 1. The van der Waals surface area contributed by atoms with E-state index in [1.54, 1.807) is 6.07 Å². The first-order valence-electron chi connectivity index (χ1n) is 7.06. The second-order valence-electron chi connectivity index (χ2n) is 5.36. The fraction of sp³-hybridized carbons (Fsp3) is 0.294. The van der Waals surface area contributed by atoms with Crippen LogP contribution in [-0.4, -0.2) is 6.04 Å². The molecule has 0 spiro atoms. The fourth-order valence-electron chi connectivity index (χ4n) is 3.01. The van der Waals surface area contributed by atoms with Crippen LogP contribution in [0, 0.1) is 5.82 Å². The molecule has 0 bridgehead atoms. The minimum absolute atomic E-state index is 0.229. The summed E-state index contributed by atoms with van der Waals surface area (Å²) in [6.45, 7) is 2.55. The molecule has 0 amide bonds. The van der Waals surface area contributed by atoms with Gasteiger partial charge in [-0.2, -0.15) is 0 Å². The second kappa shape index (κ2) is 5.25. The van der Waals surface area contributed by atoms with Gasteiger partial charge in [-0.15, -0.1) is 0 Å². The topological polar surface area (TPSA) is 29.3 Å². The highest BCUT2D eigenvalue weighted by Gasteiger charge is 2.25. The van der Waals surface area contributed by atoms with E-state index in [0.717, 1.165) is 24.1 Å². The van der Waals surface area contributed by atoms with Crippen LogP contribution in [0.5, 0.6) is 0 Å². The van der Waals surface area contributed by atoms with Crippen molar-refractivity contribution in [3.8, 4) is 0 Å². The lowest BCUT2D eigenvalue weighted by Gasteiger charge is -2.38. The maximum absolute atomic E-state index is 13.4. The third kappa shape index (κ3) is 2.18. The van der Waals surface area contributed by atoms with Gasteiger partial charge in [0.15, 0.2) is 0 Å². The van der Waals surface area contributed by atoms with E-state index in [0.29, 0.717) is 12.6 Å². The molecule has 3 heteroatoms. The number of benzene rings is 2. The van der Waals surface area contributed by atoms with Gasteiger partial charge < -0.3 is 10.6 Å². The van der Waals surface area contributed by atoms with Crippen molar-refractivity contribution in [2.24, 2.45) is 5.73 Å². The number of para-hydroxylation sites is 1. The molecule has 20 heavy (non-hydrogen) atoms. The molecule has 104 valence electrons. The Morgan fingerprint density at radius 2 is 2.00 bits per heavy atom. The van der Waals surface area contributed by atoms with Crippen molar-refractivity contribution < 1.29 is 4.39 Å². The molecule has 1 heterocycles. The van der Waals surface area contributed by atoms with Crippen LogP contribution in [0.3, 0.4) is 0 Å². The van der Waals surface area contributed by atoms with Crippen molar-refractivity contribution >= 4 is 11.4 Å². The van der Waals surface area contributed by atoms with Crippen LogP contribution in [0.15, 0.2) is 42.5 Å². The summed E-state index contributed by atoms with van der Waals surface area (Å²) in [7, 11) is 0. The van der Waals surface area contributed by atoms with Crippen molar-refractivity contribution in [1.82, 2.24) is 0 Å². The number of rotatable bonds is 2. The van der Waals surface area contributed by atoms with E-state index >= 15 is 0 Å². The summed E-state index contributed by atoms with van der Waals surface area (Å²) in [5.74, 6) is -0.229. The molecule has 2 N–H and O–H groups in total. The number of halogens is 1. The Hall–Kier alpha value is -1.87. The maximum atomic E-state index is 13.4. The van der Waals surface area contributed by atoms with Crippen LogP contribution < -0.4 is 10.6 Å². The lowest BCUT2D eigenvalue weighted by molar-refractivity contribution is 0.609. The van der Waals surface area contributed by atoms with Gasteiger partial charge in [0.1, 0.15) is 5.82 Å². The fourth-order valence-corrected chi connectivity index (χ4v) is 3.01. The van der Waals surface area contributed by atoms with Crippen LogP contribution >= 0.6 is 0 Å². The molecule has 1 aliphatic rings. The molecule has 3 rings (SSSR count). The molecule has 0 radical (unpaired) electrons. The first-order chi connectivity index (χ1) is 9.70. The van der Waals surface area contributed by atoms with Gasteiger partial charge in [-0.1, -0.05) is 18.2 Å². The highest BCUT2D eigenvalue weighted by Crippen LogP contribution is 2.38. The number of nitrogens with zero attached hydrogens (tertiary/aromatic N) is 1. The summed E-state index contributed by atoms with van der Waals surface area (Å²) in [5.41, 5.74) is 10.2. The molecule has 0 saturated heterocycles. The third-order valence-electron chi connectivity index (χ3n) is 4.04. The van der Waals surface area contributed by atoms with Gasteiger partial charge in [-0.3, -0.25) is 0 Å². The lowest BCUT2D eigenvalue weighted by atomic mass is 9.95. The summed E-state index contributed by atoms with van der Waals surface area (Å²) in [5, 5.41) is 0. The molecular formula is C17H19FN2. The third-order valence-corrected chi connectivity index (χ3v) is 4.04. The zero-order valence-corrected chi connectivity index (χ0v) is 11.6. The Bertz CT molecular complexity index is 624. The number of nitrogens with two attached hydrogens (primary N) is 1. The highest BCUT2D eigenvalue weighted by atomic mass is 19.1. The average molecular weight is 270 g/mol. The zero-order chi connectivity index (χ0) is 14.1. The van der Waals surface area contributed by atoms with Crippen LogP contribution in [0.25, 0.3) is 0 Å². The SMILES string of the molecule is CC1CCc2ccccc2N1c1ccc(F)cc1CN. The Balaban J connectivity index is 2.14. The van der Waals surface area contributed by atoms with E-state index in [2.05, 4.69) is 36.1 Å². The summed E-state index contributed by atoms with van der Waals surface area (Å²) in [6, 6.07) is 13.7. The summed E-state index contributed by atoms with van der Waals surface area (Å²) in [6.07, 6.45) is 2.19. The average Bonchev–Trinajstić information content (AvgIpc) is 2.48. The Labute approximate surface area is 119 Å². The van der Waals surface area contributed by atoms with Crippen LogP contribution in [0.1, 0.15) is 24.5 Å². The van der Waals surface area contributed by atoms with Crippen LogP contribution in [0.2, 0.25) is 0 Å². The van der Waals surface area contributed by atoms with Crippen molar-refractivity contribution in [3.05, 3.63) is 59.4 Å². The van der Waals surface area contributed by atoms with Gasteiger partial charge in [-0.25, -0.2) is 4.39 Å². The molecule has 2 aromatic rings. The van der Waals surface area contributed by atoms with Gasteiger partial charge in [0, 0.05) is 24.0 Å². The Morgan fingerprint density at radius 1 is 1.20 bits per heavy atom. The summed E-state index contributed by atoms with van der Waals surface area (Å²) >= 11 is 0. The van der Waals surface area contributed by atoms with Gasteiger partial charge >= 0.3 is 0 Å². The van der Waals surface area contributed by atoms with E-state index in [1.165, 1.54) is 17.3 Å². The van der Waals surface area contributed by atoms with E-state index < -0.39 is 0 Å². The normalized spacial score (nSPS) is 17.9. The Morgan fingerprint density at radius 3 is 2.80 bits per heavy atom. The highest BCUT2D eigenvalue weighted by molar-refractivity contribution is 5.71. The standard InChI is InChI=1S/C17H19FN2/c1-12-6-7-13-4-2-3-5-16(13)20(12)17-9-8-15(18)10-14(17)11-19/h2-5,8-10,12H,6-7,11,19H2,1H3. The summed E-state index contributed by atoms with van der Waals surface area (Å²) in [4.78, 5) is 2.29. The quantitative estimate of drug-likeness (QED) is 0.900. The molecule has 2 nitrogen and oxygen atoms in total. The Kier molecular flexibility index (Phi) is 3.45. The first kappa shape index (κ1) is 13.1. The molecule has 0 saturated carbocycles. The van der Waals surface area contributed by atoms with Gasteiger partial charge in [-0.05, 0) is 55.2 Å². The van der Waals surface area contributed by atoms with Crippen molar-refractivity contribution in [2.75, 3.05) is 4.90 Å². The van der Waals surface area contributed by atoms with Crippen molar-refractivity contribution in [3.63, 3.8) is 0 Å². The van der Waals surface area contributed by atoms with E-state index in [-0.39, 0.29) is 5.82 Å². The number of hydrogen-bond acceptors (Lipinski definition) is 2.